The van der Waals surface area contributed by atoms with E-state index in [1.54, 1.807) is 12.1 Å². The van der Waals surface area contributed by atoms with Crippen LogP contribution in [0.25, 0.3) is 21.8 Å². The summed E-state index contributed by atoms with van der Waals surface area (Å²) in [6, 6.07) is 6.17. The first-order valence-corrected chi connectivity index (χ1v) is 7.78. The Labute approximate surface area is 144 Å². The fraction of sp³-hybridized carbons (Fsp3) is 0.158. The maximum atomic E-state index is 9.29. The SMILES string of the molecule is Cc1[nH]c2cc(O)c(O)cc2c1C.Cc1c[nH]c2cc(O)c(O)cc12. The number of aromatic amines is 2. The standard InChI is InChI=1S/C10H11NO2.C9H9NO2/c1-5-6(2)11-8-4-10(13)9(12)3-7(5)8;1-5-4-10-7-3-9(12)8(11)2-6(5)7/h3-4,11-13H,1-2H3;2-4,10-12H,1H3. The average Bonchev–Trinajstić information content (AvgIpc) is 3.04. The fourth-order valence-electron chi connectivity index (χ4n) is 2.77. The number of benzene rings is 2. The van der Waals surface area contributed by atoms with Gasteiger partial charge in [0.1, 0.15) is 0 Å². The van der Waals surface area contributed by atoms with Gasteiger partial charge < -0.3 is 30.4 Å². The third kappa shape index (κ3) is 2.94. The van der Waals surface area contributed by atoms with Gasteiger partial charge in [0.05, 0.1) is 0 Å². The van der Waals surface area contributed by atoms with E-state index in [-0.39, 0.29) is 23.0 Å². The van der Waals surface area contributed by atoms with Gasteiger partial charge in [-0.2, -0.15) is 0 Å². The molecule has 0 saturated heterocycles. The summed E-state index contributed by atoms with van der Waals surface area (Å²) in [5, 5.41) is 38.8. The number of aryl methyl sites for hydroxylation is 3. The minimum atomic E-state index is -0.0932. The molecule has 0 amide bonds. The Balaban J connectivity index is 0.000000146. The van der Waals surface area contributed by atoms with Crippen molar-refractivity contribution in [3.05, 3.63) is 47.3 Å². The Morgan fingerprint density at radius 3 is 1.84 bits per heavy atom. The van der Waals surface area contributed by atoms with Crippen molar-refractivity contribution >= 4 is 21.8 Å². The fourth-order valence-corrected chi connectivity index (χ4v) is 2.77. The van der Waals surface area contributed by atoms with Crippen LogP contribution in [0.1, 0.15) is 16.8 Å². The molecule has 0 spiro atoms. The van der Waals surface area contributed by atoms with Crippen LogP contribution in [0.2, 0.25) is 0 Å². The minimum absolute atomic E-state index is 0.0744. The van der Waals surface area contributed by atoms with Gasteiger partial charge in [-0.1, -0.05) is 0 Å². The lowest BCUT2D eigenvalue weighted by atomic mass is 10.1. The number of nitrogens with one attached hydrogen (secondary N) is 2. The Morgan fingerprint density at radius 2 is 1.20 bits per heavy atom. The number of phenolic OH excluding ortho intramolecular Hbond substituents is 4. The maximum Gasteiger partial charge on any atom is 0.159 e. The molecule has 25 heavy (non-hydrogen) atoms. The number of phenols is 4. The van der Waals surface area contributed by atoms with Gasteiger partial charge in [0.25, 0.3) is 0 Å². The third-order valence-electron chi connectivity index (χ3n) is 4.39. The highest BCUT2D eigenvalue weighted by Crippen LogP contribution is 2.32. The van der Waals surface area contributed by atoms with Crippen LogP contribution in [-0.4, -0.2) is 30.4 Å². The van der Waals surface area contributed by atoms with Gasteiger partial charge in [0.15, 0.2) is 23.0 Å². The highest BCUT2D eigenvalue weighted by Gasteiger charge is 2.08. The summed E-state index contributed by atoms with van der Waals surface area (Å²) in [7, 11) is 0. The van der Waals surface area contributed by atoms with Crippen molar-refractivity contribution in [3.63, 3.8) is 0 Å². The monoisotopic (exact) mass is 340 g/mol. The van der Waals surface area contributed by atoms with Crippen LogP contribution in [0.5, 0.6) is 23.0 Å². The summed E-state index contributed by atoms with van der Waals surface area (Å²) in [6.45, 7) is 5.88. The molecule has 4 aromatic rings. The van der Waals surface area contributed by atoms with Gasteiger partial charge in [0, 0.05) is 45.8 Å². The van der Waals surface area contributed by atoms with Crippen molar-refractivity contribution in [2.45, 2.75) is 20.8 Å². The second-order valence-corrected chi connectivity index (χ2v) is 6.12. The van der Waals surface area contributed by atoms with E-state index in [4.69, 9.17) is 5.11 Å². The molecule has 130 valence electrons. The molecule has 6 heteroatoms. The molecule has 0 radical (unpaired) electrons. The first-order chi connectivity index (χ1) is 11.8. The van der Waals surface area contributed by atoms with Crippen LogP contribution in [-0.2, 0) is 0 Å². The van der Waals surface area contributed by atoms with Gasteiger partial charge in [-0.25, -0.2) is 0 Å². The summed E-state index contributed by atoms with van der Waals surface area (Å²) in [4.78, 5) is 6.11. The van der Waals surface area contributed by atoms with Crippen molar-refractivity contribution in [3.8, 4) is 23.0 Å². The van der Waals surface area contributed by atoms with E-state index in [0.717, 1.165) is 38.6 Å². The van der Waals surface area contributed by atoms with Crippen LogP contribution in [0, 0.1) is 20.8 Å². The summed E-state index contributed by atoms with van der Waals surface area (Å²) in [6.07, 6.45) is 1.84. The smallest absolute Gasteiger partial charge is 0.159 e. The van der Waals surface area contributed by atoms with Gasteiger partial charge >= 0.3 is 0 Å². The number of H-pyrrole nitrogens is 2. The molecule has 0 atom stereocenters. The normalized spacial score (nSPS) is 10.8. The zero-order valence-corrected chi connectivity index (χ0v) is 14.2. The molecule has 0 fully saturated rings. The van der Waals surface area contributed by atoms with Crippen molar-refractivity contribution in [2.24, 2.45) is 0 Å². The van der Waals surface area contributed by atoms with Crippen LogP contribution < -0.4 is 0 Å². The highest BCUT2D eigenvalue weighted by atomic mass is 16.3. The molecule has 0 bridgehead atoms. The largest absolute Gasteiger partial charge is 0.504 e. The number of aromatic hydroxyl groups is 4. The first kappa shape index (κ1) is 16.6. The zero-order valence-electron chi connectivity index (χ0n) is 14.2. The lowest BCUT2D eigenvalue weighted by Crippen LogP contribution is -1.72. The highest BCUT2D eigenvalue weighted by molar-refractivity contribution is 5.87. The quantitative estimate of drug-likeness (QED) is 0.271. The molecular weight excluding hydrogens is 320 g/mol. The van der Waals surface area contributed by atoms with E-state index in [1.807, 2.05) is 27.0 Å². The molecule has 4 rings (SSSR count). The zero-order chi connectivity index (χ0) is 18.3. The molecule has 6 nitrogen and oxygen atoms in total. The molecule has 2 heterocycles. The van der Waals surface area contributed by atoms with Gasteiger partial charge in [-0.3, -0.25) is 0 Å². The van der Waals surface area contributed by atoms with Gasteiger partial charge in [0.2, 0.25) is 0 Å². The third-order valence-corrected chi connectivity index (χ3v) is 4.39. The number of hydrogen-bond donors (Lipinski definition) is 6. The lowest BCUT2D eigenvalue weighted by Gasteiger charge is -1.97. The van der Waals surface area contributed by atoms with Crippen molar-refractivity contribution in [2.75, 3.05) is 0 Å². The number of hydrogen-bond acceptors (Lipinski definition) is 4. The molecule has 0 aliphatic rings. The predicted octanol–water partition coefficient (Wildman–Crippen LogP) is 4.08. The second-order valence-electron chi connectivity index (χ2n) is 6.12. The van der Waals surface area contributed by atoms with Crippen LogP contribution in [0.15, 0.2) is 30.5 Å². The van der Waals surface area contributed by atoms with E-state index >= 15 is 0 Å². The summed E-state index contributed by atoms with van der Waals surface area (Å²) < 4.78 is 0. The number of rotatable bonds is 0. The van der Waals surface area contributed by atoms with E-state index in [1.165, 1.54) is 12.1 Å². The maximum absolute atomic E-state index is 9.29. The summed E-state index contributed by atoms with van der Waals surface area (Å²) in [5.41, 5.74) is 4.90. The Bertz CT molecular complexity index is 1080. The van der Waals surface area contributed by atoms with E-state index in [9.17, 15) is 15.3 Å². The number of aromatic nitrogens is 2. The van der Waals surface area contributed by atoms with Crippen LogP contribution in [0.3, 0.4) is 0 Å². The molecular formula is C19H20N2O4. The van der Waals surface area contributed by atoms with E-state index in [0.29, 0.717) is 0 Å². The Morgan fingerprint density at radius 1 is 0.680 bits per heavy atom. The molecule has 0 saturated carbocycles. The molecule has 0 aliphatic carbocycles. The minimum Gasteiger partial charge on any atom is -0.504 e. The molecule has 2 aromatic carbocycles. The lowest BCUT2D eigenvalue weighted by molar-refractivity contribution is 0.405. The first-order valence-electron chi connectivity index (χ1n) is 7.78. The Hall–Kier alpha value is -3.28. The van der Waals surface area contributed by atoms with Crippen LogP contribution >= 0.6 is 0 Å². The second kappa shape index (κ2) is 5.98. The predicted molar refractivity (Wildman–Crippen MR) is 97.5 cm³/mol. The van der Waals surface area contributed by atoms with Gasteiger partial charge in [-0.05, 0) is 44.0 Å². The topological polar surface area (TPSA) is 112 Å². The molecule has 0 aliphatic heterocycles. The summed E-state index contributed by atoms with van der Waals surface area (Å²) in [5.74, 6) is -0.335. The van der Waals surface area contributed by atoms with Gasteiger partial charge in [-0.15, -0.1) is 0 Å². The molecule has 0 unspecified atom stereocenters. The number of fused-ring (bicyclic) bond motifs is 2. The van der Waals surface area contributed by atoms with Crippen LogP contribution in [0.4, 0.5) is 0 Å². The van der Waals surface area contributed by atoms with E-state index in [2.05, 4.69) is 9.97 Å². The van der Waals surface area contributed by atoms with Crippen molar-refractivity contribution in [1.29, 1.82) is 0 Å². The summed E-state index contributed by atoms with van der Waals surface area (Å²) >= 11 is 0. The Kier molecular flexibility index (Phi) is 3.96. The van der Waals surface area contributed by atoms with Crippen molar-refractivity contribution < 1.29 is 20.4 Å². The van der Waals surface area contributed by atoms with Crippen molar-refractivity contribution in [1.82, 2.24) is 9.97 Å². The molecule has 6 N–H and O–H groups in total. The van der Waals surface area contributed by atoms with E-state index < -0.39 is 0 Å². The molecule has 2 aromatic heterocycles. The average molecular weight is 340 g/mol.